The van der Waals surface area contributed by atoms with Crippen LogP contribution >= 0.6 is 35.1 Å². The molecule has 2 amide bonds. The van der Waals surface area contributed by atoms with Crippen LogP contribution in [-0.2, 0) is 9.59 Å². The molecule has 0 radical (unpaired) electrons. The summed E-state index contributed by atoms with van der Waals surface area (Å²) >= 11 is 3.18. The highest BCUT2D eigenvalue weighted by molar-refractivity contribution is 7.11. The monoisotopic (exact) mass is 387 g/mol. The standard InChI is InChI=1S/C16H21N3O2S2.ClH/c1-10(2)14(17)16(21)18-9-13(20)19-15(11-5-3-7-22-11)12-6-4-8-23-12;/h3-8,10,14-15H,9,17H2,1-2H3,(H,18,21)(H,19,20);1H/t14-;/m0./s1. The van der Waals surface area contributed by atoms with Crippen LogP contribution in [0.3, 0.4) is 0 Å². The third-order valence-corrected chi connectivity index (χ3v) is 5.28. The second-order valence-corrected chi connectivity index (χ2v) is 7.48. The molecule has 0 aromatic carbocycles. The van der Waals surface area contributed by atoms with E-state index in [4.69, 9.17) is 5.73 Å². The Balaban J connectivity index is 0.00000288. The molecule has 0 aliphatic rings. The second kappa shape index (κ2) is 9.78. The molecule has 0 unspecified atom stereocenters. The quantitative estimate of drug-likeness (QED) is 0.682. The van der Waals surface area contributed by atoms with Crippen molar-refractivity contribution in [3.63, 3.8) is 0 Å². The maximum absolute atomic E-state index is 12.2. The fraction of sp³-hybridized carbons (Fsp3) is 0.375. The van der Waals surface area contributed by atoms with Gasteiger partial charge in [-0.05, 0) is 28.8 Å². The van der Waals surface area contributed by atoms with Crippen LogP contribution in [0.25, 0.3) is 0 Å². The zero-order valence-corrected chi connectivity index (χ0v) is 16.0. The zero-order valence-electron chi connectivity index (χ0n) is 13.5. The number of rotatable bonds is 7. The Morgan fingerprint density at radius 3 is 2.08 bits per heavy atom. The van der Waals surface area contributed by atoms with Crippen molar-refractivity contribution in [2.75, 3.05) is 6.54 Å². The number of thiophene rings is 2. The molecule has 0 spiro atoms. The highest BCUT2D eigenvalue weighted by atomic mass is 35.5. The van der Waals surface area contributed by atoms with E-state index in [9.17, 15) is 9.59 Å². The van der Waals surface area contributed by atoms with Gasteiger partial charge in [0.15, 0.2) is 0 Å². The van der Waals surface area contributed by atoms with Crippen LogP contribution in [0.15, 0.2) is 35.0 Å². The van der Waals surface area contributed by atoms with Crippen molar-refractivity contribution in [2.45, 2.75) is 25.9 Å². The fourth-order valence-electron chi connectivity index (χ4n) is 1.99. The van der Waals surface area contributed by atoms with Crippen LogP contribution in [0.5, 0.6) is 0 Å². The van der Waals surface area contributed by atoms with Crippen LogP contribution in [-0.4, -0.2) is 24.4 Å². The Bertz CT molecular complexity index is 596. The molecule has 0 saturated heterocycles. The van der Waals surface area contributed by atoms with E-state index in [-0.39, 0.29) is 42.7 Å². The van der Waals surface area contributed by atoms with Crippen molar-refractivity contribution in [1.29, 1.82) is 0 Å². The minimum Gasteiger partial charge on any atom is -0.346 e. The first kappa shape index (κ1) is 20.6. The lowest BCUT2D eigenvalue weighted by Crippen LogP contribution is -2.47. The van der Waals surface area contributed by atoms with Crippen molar-refractivity contribution in [3.8, 4) is 0 Å². The molecule has 132 valence electrons. The summed E-state index contributed by atoms with van der Waals surface area (Å²) in [5.41, 5.74) is 5.76. The highest BCUT2D eigenvalue weighted by Gasteiger charge is 2.21. The van der Waals surface area contributed by atoms with Crippen LogP contribution in [0.1, 0.15) is 29.6 Å². The van der Waals surface area contributed by atoms with Gasteiger partial charge in [0.2, 0.25) is 11.8 Å². The van der Waals surface area contributed by atoms with E-state index in [1.165, 1.54) is 0 Å². The maximum Gasteiger partial charge on any atom is 0.240 e. The van der Waals surface area contributed by atoms with Crippen LogP contribution in [0.2, 0.25) is 0 Å². The summed E-state index contributed by atoms with van der Waals surface area (Å²) in [4.78, 5) is 26.1. The van der Waals surface area contributed by atoms with Crippen LogP contribution in [0.4, 0.5) is 0 Å². The number of hydrogen-bond acceptors (Lipinski definition) is 5. The summed E-state index contributed by atoms with van der Waals surface area (Å²) in [7, 11) is 0. The first-order valence-electron chi connectivity index (χ1n) is 7.38. The Labute approximate surface area is 156 Å². The summed E-state index contributed by atoms with van der Waals surface area (Å²) in [5, 5.41) is 9.52. The molecule has 0 saturated carbocycles. The average Bonchev–Trinajstić information content (AvgIpc) is 3.22. The van der Waals surface area contributed by atoms with Crippen molar-refractivity contribution in [3.05, 3.63) is 44.8 Å². The Hall–Kier alpha value is -1.41. The molecule has 4 N–H and O–H groups in total. The molecule has 5 nitrogen and oxygen atoms in total. The smallest absolute Gasteiger partial charge is 0.240 e. The minimum atomic E-state index is -0.604. The number of carbonyl (C=O) groups excluding carboxylic acids is 2. The molecule has 0 bridgehead atoms. The molecular formula is C16H22ClN3O2S2. The summed E-state index contributed by atoms with van der Waals surface area (Å²) in [6.45, 7) is 3.66. The van der Waals surface area contributed by atoms with Gasteiger partial charge in [-0.15, -0.1) is 35.1 Å². The summed E-state index contributed by atoms with van der Waals surface area (Å²) in [5.74, 6) is -0.511. The lowest BCUT2D eigenvalue weighted by atomic mass is 10.1. The van der Waals surface area contributed by atoms with E-state index in [1.807, 2.05) is 48.9 Å². The van der Waals surface area contributed by atoms with Gasteiger partial charge in [-0.3, -0.25) is 9.59 Å². The zero-order chi connectivity index (χ0) is 16.8. The first-order valence-corrected chi connectivity index (χ1v) is 9.14. The lowest BCUT2D eigenvalue weighted by molar-refractivity contribution is -0.127. The van der Waals surface area contributed by atoms with E-state index < -0.39 is 6.04 Å². The summed E-state index contributed by atoms with van der Waals surface area (Å²) in [6, 6.07) is 7.10. The number of carbonyl (C=O) groups is 2. The topological polar surface area (TPSA) is 84.2 Å². The third kappa shape index (κ3) is 5.59. The van der Waals surface area contributed by atoms with Crippen molar-refractivity contribution in [2.24, 2.45) is 11.7 Å². The number of nitrogens with one attached hydrogen (secondary N) is 2. The van der Waals surface area contributed by atoms with Crippen LogP contribution < -0.4 is 16.4 Å². The highest BCUT2D eigenvalue weighted by Crippen LogP contribution is 2.28. The molecule has 0 aliphatic carbocycles. The normalized spacial score (nSPS) is 11.9. The molecular weight excluding hydrogens is 366 g/mol. The molecule has 2 rings (SSSR count). The van der Waals surface area contributed by atoms with Gasteiger partial charge in [-0.2, -0.15) is 0 Å². The number of halogens is 1. The van der Waals surface area contributed by atoms with Crippen molar-refractivity contribution < 1.29 is 9.59 Å². The SMILES string of the molecule is CC(C)[C@H](N)C(=O)NCC(=O)NC(c1cccs1)c1cccs1.Cl. The van der Waals surface area contributed by atoms with Gasteiger partial charge >= 0.3 is 0 Å². The van der Waals surface area contributed by atoms with E-state index in [1.54, 1.807) is 22.7 Å². The van der Waals surface area contributed by atoms with Gasteiger partial charge in [-0.25, -0.2) is 0 Å². The predicted octanol–water partition coefficient (Wildman–Crippen LogP) is 2.54. The van der Waals surface area contributed by atoms with Gasteiger partial charge in [0.1, 0.15) is 0 Å². The third-order valence-electron chi connectivity index (χ3n) is 3.40. The Morgan fingerprint density at radius 1 is 1.12 bits per heavy atom. The molecule has 1 atom stereocenters. The fourth-order valence-corrected chi connectivity index (χ4v) is 3.65. The first-order chi connectivity index (χ1) is 11.0. The molecule has 8 heteroatoms. The van der Waals surface area contributed by atoms with E-state index >= 15 is 0 Å². The van der Waals surface area contributed by atoms with Gasteiger partial charge < -0.3 is 16.4 Å². The van der Waals surface area contributed by atoms with Gasteiger partial charge in [-0.1, -0.05) is 26.0 Å². The maximum atomic E-state index is 12.2. The average molecular weight is 388 g/mol. The summed E-state index contributed by atoms with van der Waals surface area (Å²) < 4.78 is 0. The minimum absolute atomic E-state index is 0. The largest absolute Gasteiger partial charge is 0.346 e. The Kier molecular flexibility index (Phi) is 8.41. The van der Waals surface area contributed by atoms with E-state index in [2.05, 4.69) is 10.6 Å². The number of amides is 2. The van der Waals surface area contributed by atoms with Crippen molar-refractivity contribution in [1.82, 2.24) is 10.6 Å². The summed E-state index contributed by atoms with van der Waals surface area (Å²) in [6.07, 6.45) is 0. The van der Waals surface area contributed by atoms with Gasteiger partial charge in [0, 0.05) is 9.75 Å². The Morgan fingerprint density at radius 2 is 1.67 bits per heavy atom. The predicted molar refractivity (Wildman–Crippen MR) is 102 cm³/mol. The second-order valence-electron chi connectivity index (χ2n) is 5.52. The molecule has 2 heterocycles. The van der Waals surface area contributed by atoms with E-state index in [0.29, 0.717) is 0 Å². The van der Waals surface area contributed by atoms with Gasteiger partial charge in [0.05, 0.1) is 18.6 Å². The molecule has 0 aliphatic heterocycles. The molecule has 24 heavy (non-hydrogen) atoms. The molecule has 0 fully saturated rings. The lowest BCUT2D eigenvalue weighted by Gasteiger charge is -2.18. The van der Waals surface area contributed by atoms with Crippen molar-refractivity contribution >= 4 is 46.9 Å². The van der Waals surface area contributed by atoms with E-state index in [0.717, 1.165) is 9.75 Å². The van der Waals surface area contributed by atoms with Gasteiger partial charge in [0.25, 0.3) is 0 Å². The molecule has 2 aromatic heterocycles. The number of nitrogens with two attached hydrogens (primary N) is 1. The molecule has 2 aromatic rings. The van der Waals surface area contributed by atoms with Crippen LogP contribution in [0, 0.1) is 5.92 Å². The number of hydrogen-bond donors (Lipinski definition) is 3.